The number of hydrogen-bond donors (Lipinski definition) is 0. The lowest BCUT2D eigenvalue weighted by molar-refractivity contribution is -0.145. The van der Waals surface area contributed by atoms with Gasteiger partial charge >= 0.3 is 5.97 Å². The molecule has 10 nitrogen and oxygen atoms in total. The Bertz CT molecular complexity index is 1880. The molecule has 0 aliphatic rings. The number of carbonyl (C=O) groups is 1. The van der Waals surface area contributed by atoms with E-state index < -0.39 is 11.5 Å². The van der Waals surface area contributed by atoms with Gasteiger partial charge < -0.3 is 23.4 Å². The Morgan fingerprint density at radius 1 is 1.07 bits per heavy atom. The zero-order chi connectivity index (χ0) is 29.8. The first kappa shape index (κ1) is 29.2. The second-order valence-corrected chi connectivity index (χ2v) is 9.92. The number of fused-ring (bicyclic) bond motifs is 2. The second kappa shape index (κ2) is 12.7. The van der Waals surface area contributed by atoms with Gasteiger partial charge in [0.25, 0.3) is 5.56 Å². The Hall–Kier alpha value is -4.35. The second-order valence-electron chi connectivity index (χ2n) is 8.74. The molecule has 12 heteroatoms. The van der Waals surface area contributed by atoms with Crippen molar-refractivity contribution < 1.29 is 28.2 Å². The van der Waals surface area contributed by atoms with Crippen LogP contribution in [0.15, 0.2) is 73.4 Å². The minimum absolute atomic E-state index is 0.153. The number of benzene rings is 3. The SMILES string of the molecule is CCOC(=O)COc1c(OCC)cc(C=Nn2c(-c3cc4c(OC)cccc4o3)nc3ccccc3c2=O)c(Br)c1Cl. The van der Waals surface area contributed by atoms with E-state index in [0.29, 0.717) is 44.6 Å². The van der Waals surface area contributed by atoms with Crippen molar-refractivity contribution in [3.05, 3.63) is 80.0 Å². The maximum Gasteiger partial charge on any atom is 0.344 e. The van der Waals surface area contributed by atoms with Crippen LogP contribution in [0, 0.1) is 0 Å². The fourth-order valence-electron chi connectivity index (χ4n) is 4.26. The van der Waals surface area contributed by atoms with E-state index >= 15 is 0 Å². The third-order valence-electron chi connectivity index (χ3n) is 6.12. The number of nitrogens with zero attached hydrogens (tertiary/aromatic N) is 3. The van der Waals surface area contributed by atoms with Crippen molar-refractivity contribution >= 4 is 61.6 Å². The highest BCUT2D eigenvalue weighted by Crippen LogP contribution is 2.42. The van der Waals surface area contributed by atoms with Crippen molar-refractivity contribution in [1.82, 2.24) is 9.66 Å². The third kappa shape index (κ3) is 5.70. The predicted molar refractivity (Wildman–Crippen MR) is 163 cm³/mol. The van der Waals surface area contributed by atoms with E-state index in [9.17, 15) is 9.59 Å². The van der Waals surface area contributed by atoms with Crippen molar-refractivity contribution in [1.29, 1.82) is 0 Å². The molecule has 0 bridgehead atoms. The van der Waals surface area contributed by atoms with E-state index in [4.69, 9.17) is 39.9 Å². The monoisotopic (exact) mass is 653 g/mol. The third-order valence-corrected chi connectivity index (χ3v) is 7.57. The van der Waals surface area contributed by atoms with Gasteiger partial charge in [-0.05, 0) is 66.2 Å². The summed E-state index contributed by atoms with van der Waals surface area (Å²) in [6.07, 6.45) is 1.44. The Balaban J connectivity index is 1.63. The van der Waals surface area contributed by atoms with Crippen LogP contribution in [0.1, 0.15) is 19.4 Å². The van der Waals surface area contributed by atoms with Gasteiger partial charge in [-0.1, -0.05) is 29.8 Å². The summed E-state index contributed by atoms with van der Waals surface area (Å²) in [7, 11) is 1.57. The Morgan fingerprint density at radius 2 is 1.88 bits per heavy atom. The molecule has 0 spiro atoms. The fraction of sp³-hybridized carbons (Fsp3) is 0.200. The molecule has 2 heterocycles. The van der Waals surface area contributed by atoms with Crippen LogP contribution in [0.3, 0.4) is 0 Å². The van der Waals surface area contributed by atoms with Gasteiger partial charge in [0.1, 0.15) is 16.4 Å². The number of hydrogen-bond acceptors (Lipinski definition) is 9. The van der Waals surface area contributed by atoms with Gasteiger partial charge in [0.05, 0.1) is 42.8 Å². The normalized spacial score (nSPS) is 11.4. The van der Waals surface area contributed by atoms with Crippen LogP contribution in [0.2, 0.25) is 5.02 Å². The summed E-state index contributed by atoms with van der Waals surface area (Å²) in [5.74, 6) is 1.03. The van der Waals surface area contributed by atoms with Crippen molar-refractivity contribution in [2.24, 2.45) is 5.10 Å². The predicted octanol–water partition coefficient (Wildman–Crippen LogP) is 6.46. The smallest absolute Gasteiger partial charge is 0.344 e. The highest BCUT2D eigenvalue weighted by atomic mass is 79.9. The molecule has 0 saturated heterocycles. The van der Waals surface area contributed by atoms with Crippen LogP contribution in [0.25, 0.3) is 33.5 Å². The maximum absolute atomic E-state index is 13.7. The van der Waals surface area contributed by atoms with Gasteiger partial charge in [0, 0.05) is 10.0 Å². The molecule has 5 aromatic rings. The molecule has 0 aliphatic carbocycles. The molecule has 0 fully saturated rings. The summed E-state index contributed by atoms with van der Waals surface area (Å²) in [4.78, 5) is 30.2. The molecule has 0 N–H and O–H groups in total. The number of halogens is 2. The van der Waals surface area contributed by atoms with Crippen LogP contribution in [-0.4, -0.2) is 48.8 Å². The number of methoxy groups -OCH3 is 1. The van der Waals surface area contributed by atoms with Crippen molar-refractivity contribution in [3.63, 3.8) is 0 Å². The molecule has 3 aromatic carbocycles. The van der Waals surface area contributed by atoms with Gasteiger partial charge in [0.2, 0.25) is 5.82 Å². The van der Waals surface area contributed by atoms with Crippen molar-refractivity contribution in [2.75, 3.05) is 26.9 Å². The number of ether oxygens (including phenoxy) is 4. The highest BCUT2D eigenvalue weighted by Gasteiger charge is 2.21. The molecular weight excluding hydrogens is 630 g/mol. The van der Waals surface area contributed by atoms with Crippen LogP contribution < -0.4 is 19.8 Å². The van der Waals surface area contributed by atoms with E-state index in [1.54, 1.807) is 63.4 Å². The first-order chi connectivity index (χ1) is 20.4. The molecule has 0 unspecified atom stereocenters. The van der Waals surface area contributed by atoms with Gasteiger partial charge in [0.15, 0.2) is 23.9 Å². The minimum Gasteiger partial charge on any atom is -0.496 e. The fourth-order valence-corrected chi connectivity index (χ4v) is 4.92. The molecule has 216 valence electrons. The number of carbonyl (C=O) groups excluding carboxylic acids is 1. The first-order valence-electron chi connectivity index (χ1n) is 12.9. The molecule has 42 heavy (non-hydrogen) atoms. The van der Waals surface area contributed by atoms with Crippen LogP contribution in [-0.2, 0) is 9.53 Å². The van der Waals surface area contributed by atoms with Gasteiger partial charge in [-0.2, -0.15) is 9.78 Å². The number of rotatable bonds is 10. The van der Waals surface area contributed by atoms with Crippen LogP contribution >= 0.6 is 27.5 Å². The molecule has 0 atom stereocenters. The lowest BCUT2D eigenvalue weighted by atomic mass is 10.2. The van der Waals surface area contributed by atoms with E-state index in [2.05, 4.69) is 21.0 Å². The van der Waals surface area contributed by atoms with E-state index in [1.807, 2.05) is 12.1 Å². The molecular formula is C30H25BrClN3O7. The highest BCUT2D eigenvalue weighted by molar-refractivity contribution is 9.10. The summed E-state index contributed by atoms with van der Waals surface area (Å²) in [6.45, 7) is 3.68. The molecule has 0 radical (unpaired) electrons. The Morgan fingerprint density at radius 3 is 2.64 bits per heavy atom. The summed E-state index contributed by atoms with van der Waals surface area (Å²) in [5, 5.41) is 5.77. The van der Waals surface area contributed by atoms with Crippen LogP contribution in [0.5, 0.6) is 17.2 Å². The average molecular weight is 655 g/mol. The molecule has 2 aromatic heterocycles. The minimum atomic E-state index is -0.545. The van der Waals surface area contributed by atoms with E-state index in [0.717, 1.165) is 5.39 Å². The quantitative estimate of drug-likeness (QED) is 0.125. The zero-order valence-electron chi connectivity index (χ0n) is 22.9. The first-order valence-corrected chi connectivity index (χ1v) is 14.1. The molecule has 0 amide bonds. The topological polar surface area (TPSA) is 114 Å². The number of para-hydroxylation sites is 1. The van der Waals surface area contributed by atoms with Gasteiger partial charge in [-0.15, -0.1) is 0 Å². The van der Waals surface area contributed by atoms with E-state index in [1.165, 1.54) is 10.9 Å². The molecule has 0 saturated carbocycles. The molecule has 5 rings (SSSR count). The Labute approximate surface area is 253 Å². The summed E-state index contributed by atoms with van der Waals surface area (Å²) in [5.41, 5.74) is 1.13. The number of esters is 1. The zero-order valence-corrected chi connectivity index (χ0v) is 25.2. The van der Waals surface area contributed by atoms with Crippen molar-refractivity contribution in [3.8, 4) is 28.8 Å². The lowest BCUT2D eigenvalue weighted by Gasteiger charge is -2.15. The van der Waals surface area contributed by atoms with E-state index in [-0.39, 0.29) is 35.6 Å². The standard InChI is InChI=1S/C30H25BrClN3O7/c1-4-39-23-13-17(26(31)27(32)28(23)41-16-25(36)40-5-2)15-33-35-29(34-20-10-7-6-9-18(20)30(35)37)24-14-19-21(38-3)11-8-12-22(19)42-24/h6-15H,4-5,16H2,1-3H3. The largest absolute Gasteiger partial charge is 0.496 e. The number of aromatic nitrogens is 2. The lowest BCUT2D eigenvalue weighted by Crippen LogP contribution is -2.20. The summed E-state index contributed by atoms with van der Waals surface area (Å²) in [6, 6.07) is 15.8. The summed E-state index contributed by atoms with van der Waals surface area (Å²) < 4.78 is 29.4. The van der Waals surface area contributed by atoms with Crippen molar-refractivity contribution in [2.45, 2.75) is 13.8 Å². The Kier molecular flexibility index (Phi) is 8.79. The van der Waals surface area contributed by atoms with Gasteiger partial charge in [-0.3, -0.25) is 4.79 Å². The number of furan rings is 1. The van der Waals surface area contributed by atoms with Gasteiger partial charge in [-0.25, -0.2) is 9.78 Å². The van der Waals surface area contributed by atoms with Crippen LogP contribution in [0.4, 0.5) is 0 Å². The molecule has 0 aliphatic heterocycles. The average Bonchev–Trinajstić information content (AvgIpc) is 3.43. The maximum atomic E-state index is 13.7. The summed E-state index contributed by atoms with van der Waals surface area (Å²) >= 11 is 10.1.